The van der Waals surface area contributed by atoms with Crippen LogP contribution in [-0.2, 0) is 0 Å². The molecule has 1 aliphatic heterocycles. The molecule has 0 unspecified atom stereocenters. The van der Waals surface area contributed by atoms with Crippen molar-refractivity contribution in [1.29, 1.82) is 0 Å². The van der Waals surface area contributed by atoms with Crippen molar-refractivity contribution in [2.45, 2.75) is 12.5 Å². The van der Waals surface area contributed by atoms with Gasteiger partial charge in [-0.25, -0.2) is 15.0 Å². The van der Waals surface area contributed by atoms with Crippen LogP contribution in [0.25, 0.3) is 22.2 Å². The van der Waals surface area contributed by atoms with Gasteiger partial charge in [0, 0.05) is 26.9 Å². The molecule has 0 amide bonds. The Balaban J connectivity index is 1.54. The van der Waals surface area contributed by atoms with Crippen LogP contribution in [0, 0.1) is 0 Å². The topological polar surface area (TPSA) is 41.4 Å². The molecular formula is C27H18BrClN4S. The maximum atomic E-state index is 6.35. The highest BCUT2D eigenvalue weighted by atomic mass is 79.9. The van der Waals surface area contributed by atoms with E-state index in [9.17, 15) is 0 Å². The number of rotatable bonds is 4. The monoisotopic (exact) mass is 544 g/mol. The minimum absolute atomic E-state index is 0.00132. The Bertz CT molecular complexity index is 1500. The van der Waals surface area contributed by atoms with Crippen molar-refractivity contribution in [1.82, 2.24) is 9.97 Å². The molecule has 0 bridgehead atoms. The van der Waals surface area contributed by atoms with Gasteiger partial charge in [0.15, 0.2) is 0 Å². The molecule has 0 fully saturated rings. The Kier molecular flexibility index (Phi) is 5.65. The lowest BCUT2D eigenvalue weighted by atomic mass is 10.0. The van der Waals surface area contributed by atoms with Crippen LogP contribution < -0.4 is 5.01 Å². The quantitative estimate of drug-likeness (QED) is 0.229. The number of fused-ring (bicyclic) bond motifs is 1. The van der Waals surface area contributed by atoms with E-state index in [0.717, 1.165) is 38.8 Å². The first-order valence-corrected chi connectivity index (χ1v) is 12.9. The van der Waals surface area contributed by atoms with Gasteiger partial charge in [0.25, 0.3) is 0 Å². The van der Waals surface area contributed by atoms with Crippen LogP contribution in [0.5, 0.6) is 0 Å². The fourth-order valence-corrected chi connectivity index (χ4v) is 5.40. The van der Waals surface area contributed by atoms with E-state index in [0.29, 0.717) is 11.0 Å². The summed E-state index contributed by atoms with van der Waals surface area (Å²) in [5.74, 6) is 0.577. The van der Waals surface area contributed by atoms with E-state index < -0.39 is 0 Å². The largest absolute Gasteiger partial charge is 0.247 e. The highest BCUT2D eigenvalue weighted by Crippen LogP contribution is 2.38. The SMILES string of the molecule is Clc1ccc2nc(N3N=C(c4cccs4)C[C@H]3c3ccc(Br)cc3)nc(-c3ccccc3)c2c1. The molecule has 0 aliphatic carbocycles. The van der Waals surface area contributed by atoms with E-state index in [2.05, 4.69) is 69.8 Å². The Morgan fingerprint density at radius 3 is 2.50 bits per heavy atom. The van der Waals surface area contributed by atoms with Crippen molar-refractivity contribution in [2.75, 3.05) is 5.01 Å². The molecule has 5 aromatic rings. The van der Waals surface area contributed by atoms with Crippen LogP contribution in [0.15, 0.2) is 99.9 Å². The average Bonchev–Trinajstić information content (AvgIpc) is 3.55. The molecule has 7 heteroatoms. The van der Waals surface area contributed by atoms with Gasteiger partial charge in [-0.3, -0.25) is 0 Å². The minimum atomic E-state index is -0.00132. The molecule has 1 aliphatic rings. The summed E-state index contributed by atoms with van der Waals surface area (Å²) in [6, 6.07) is 28.5. The van der Waals surface area contributed by atoms with E-state index in [1.807, 2.05) is 41.4 Å². The van der Waals surface area contributed by atoms with Gasteiger partial charge >= 0.3 is 0 Å². The van der Waals surface area contributed by atoms with Crippen LogP contribution >= 0.6 is 38.9 Å². The zero-order valence-electron chi connectivity index (χ0n) is 17.9. The fraction of sp³-hybridized carbons (Fsp3) is 0.0741. The smallest absolute Gasteiger partial charge is 0.223 e. The van der Waals surface area contributed by atoms with E-state index in [1.54, 1.807) is 11.3 Å². The zero-order valence-corrected chi connectivity index (χ0v) is 21.1. The summed E-state index contributed by atoms with van der Waals surface area (Å²) in [4.78, 5) is 11.2. The zero-order chi connectivity index (χ0) is 23.1. The summed E-state index contributed by atoms with van der Waals surface area (Å²) in [6.45, 7) is 0. The van der Waals surface area contributed by atoms with Crippen LogP contribution in [0.1, 0.15) is 22.9 Å². The van der Waals surface area contributed by atoms with Crippen molar-refractivity contribution in [2.24, 2.45) is 5.10 Å². The van der Waals surface area contributed by atoms with Gasteiger partial charge in [-0.05, 0) is 47.3 Å². The van der Waals surface area contributed by atoms with Crippen LogP contribution in [-0.4, -0.2) is 15.7 Å². The van der Waals surface area contributed by atoms with Crippen molar-refractivity contribution < 1.29 is 0 Å². The molecule has 3 heterocycles. The van der Waals surface area contributed by atoms with Gasteiger partial charge in [-0.1, -0.05) is 76.1 Å². The first kappa shape index (κ1) is 21.5. The number of thiophene rings is 1. The second kappa shape index (κ2) is 8.95. The molecule has 4 nitrogen and oxygen atoms in total. The second-order valence-corrected chi connectivity index (χ2v) is 10.3. The van der Waals surface area contributed by atoms with Crippen LogP contribution in [0.4, 0.5) is 5.95 Å². The summed E-state index contributed by atoms with van der Waals surface area (Å²) in [6.07, 6.45) is 0.783. The molecule has 6 rings (SSSR count). The number of halogens is 2. The summed E-state index contributed by atoms with van der Waals surface area (Å²) in [5.41, 5.74) is 4.91. The highest BCUT2D eigenvalue weighted by Gasteiger charge is 2.32. The van der Waals surface area contributed by atoms with Gasteiger partial charge in [0.2, 0.25) is 5.95 Å². The lowest BCUT2D eigenvalue weighted by Crippen LogP contribution is -2.21. The Hall–Kier alpha value is -3.06. The van der Waals surface area contributed by atoms with Gasteiger partial charge in [0.05, 0.1) is 27.8 Å². The Morgan fingerprint density at radius 2 is 1.74 bits per heavy atom. The molecule has 1 atom stereocenters. The molecule has 0 saturated heterocycles. The number of benzene rings is 3. The Morgan fingerprint density at radius 1 is 0.912 bits per heavy atom. The maximum absolute atomic E-state index is 6.35. The number of hydrogen-bond donors (Lipinski definition) is 0. The molecular weight excluding hydrogens is 528 g/mol. The van der Waals surface area contributed by atoms with Gasteiger partial charge < -0.3 is 0 Å². The van der Waals surface area contributed by atoms with E-state index in [4.69, 9.17) is 26.7 Å². The normalized spacial score (nSPS) is 15.6. The third-order valence-electron chi connectivity index (χ3n) is 5.87. The minimum Gasteiger partial charge on any atom is -0.223 e. The maximum Gasteiger partial charge on any atom is 0.247 e. The van der Waals surface area contributed by atoms with Crippen LogP contribution in [0.3, 0.4) is 0 Å². The molecule has 0 spiro atoms. The molecule has 0 N–H and O–H groups in total. The molecule has 0 saturated carbocycles. The molecule has 34 heavy (non-hydrogen) atoms. The predicted molar refractivity (Wildman–Crippen MR) is 145 cm³/mol. The fourth-order valence-electron chi connectivity index (χ4n) is 4.24. The third-order valence-corrected chi connectivity index (χ3v) is 7.55. The van der Waals surface area contributed by atoms with Crippen LogP contribution in [0.2, 0.25) is 5.02 Å². The van der Waals surface area contributed by atoms with E-state index in [-0.39, 0.29) is 6.04 Å². The molecule has 0 radical (unpaired) electrons. The van der Waals surface area contributed by atoms with Crippen molar-refractivity contribution >= 4 is 61.4 Å². The standard InChI is InChI=1S/C27H18BrClN4S/c28-19-10-8-17(9-11-19)24-16-23(25-7-4-14-34-25)32-33(24)27-30-22-13-12-20(29)15-21(22)26(31-27)18-5-2-1-3-6-18/h1-15,24H,16H2/t24-/m0/s1. The average molecular weight is 546 g/mol. The first-order valence-electron chi connectivity index (χ1n) is 10.8. The summed E-state index contributed by atoms with van der Waals surface area (Å²) >= 11 is 11.6. The highest BCUT2D eigenvalue weighted by molar-refractivity contribution is 9.10. The van der Waals surface area contributed by atoms with Gasteiger partial charge in [-0.15, -0.1) is 11.3 Å². The summed E-state index contributed by atoms with van der Waals surface area (Å²) in [7, 11) is 0. The van der Waals surface area contributed by atoms with Gasteiger partial charge in [-0.2, -0.15) is 5.10 Å². The summed E-state index contributed by atoms with van der Waals surface area (Å²) in [5, 5.41) is 10.7. The predicted octanol–water partition coefficient (Wildman–Crippen LogP) is 8.13. The number of hydrazone groups is 1. The number of anilines is 1. The summed E-state index contributed by atoms with van der Waals surface area (Å²) < 4.78 is 1.05. The lowest BCUT2D eigenvalue weighted by Gasteiger charge is -2.23. The molecule has 3 aromatic carbocycles. The number of aromatic nitrogens is 2. The van der Waals surface area contributed by atoms with Crippen molar-refractivity contribution in [3.05, 3.63) is 110 Å². The molecule has 2 aromatic heterocycles. The number of hydrogen-bond acceptors (Lipinski definition) is 5. The Labute approximate surface area is 214 Å². The van der Waals surface area contributed by atoms with E-state index >= 15 is 0 Å². The first-order chi connectivity index (χ1) is 16.7. The molecule has 166 valence electrons. The van der Waals surface area contributed by atoms with Gasteiger partial charge in [0.1, 0.15) is 0 Å². The second-order valence-electron chi connectivity index (χ2n) is 8.04. The van der Waals surface area contributed by atoms with Crippen molar-refractivity contribution in [3.8, 4) is 11.3 Å². The number of nitrogens with zero attached hydrogens (tertiary/aromatic N) is 4. The lowest BCUT2D eigenvalue weighted by molar-refractivity contribution is 0.689. The van der Waals surface area contributed by atoms with Crippen molar-refractivity contribution in [3.63, 3.8) is 0 Å². The van der Waals surface area contributed by atoms with E-state index in [1.165, 1.54) is 10.4 Å². The third kappa shape index (κ3) is 4.02.